The molecule has 0 aliphatic carbocycles. The molecule has 0 aromatic rings. The Morgan fingerprint density at radius 2 is 2.07 bits per heavy atom. The third kappa shape index (κ3) is 3.15. The molecule has 1 fully saturated rings. The first-order valence-electron chi connectivity index (χ1n) is 5.44. The maximum Gasteiger partial charge on any atom is 0.240 e. The normalized spacial score (nSPS) is 18.9. The summed E-state index contributed by atoms with van der Waals surface area (Å²) in [5, 5.41) is 14.6. The molecule has 3 N–H and O–H groups in total. The lowest BCUT2D eigenvalue weighted by molar-refractivity contribution is -0.132. The molecule has 5 heteroatoms. The van der Waals surface area contributed by atoms with Crippen molar-refractivity contribution >= 4 is 5.91 Å². The molecular weight excluding hydrogens is 194 g/mol. The van der Waals surface area contributed by atoms with E-state index in [0.717, 1.165) is 26.2 Å². The quantitative estimate of drug-likeness (QED) is 0.550. The average Bonchev–Trinajstić information content (AvgIpc) is 2.27. The van der Waals surface area contributed by atoms with E-state index in [0.29, 0.717) is 6.54 Å². The molecule has 5 nitrogen and oxygen atoms in total. The summed E-state index contributed by atoms with van der Waals surface area (Å²) >= 11 is 0. The highest BCUT2D eigenvalue weighted by molar-refractivity contribution is 5.85. The Bertz CT molecular complexity index is 213. The van der Waals surface area contributed by atoms with Crippen LogP contribution in [0.15, 0.2) is 0 Å². The van der Waals surface area contributed by atoms with E-state index in [-0.39, 0.29) is 12.5 Å². The highest BCUT2D eigenvalue weighted by atomic mass is 16.3. The van der Waals surface area contributed by atoms with Crippen LogP contribution in [0, 0.1) is 0 Å². The van der Waals surface area contributed by atoms with Gasteiger partial charge in [-0.05, 0) is 13.8 Å². The molecule has 15 heavy (non-hydrogen) atoms. The molecule has 1 saturated heterocycles. The monoisotopic (exact) mass is 215 g/mol. The second kappa shape index (κ2) is 5.44. The minimum atomic E-state index is -0.489. The largest absolute Gasteiger partial charge is 0.395 e. The summed E-state index contributed by atoms with van der Waals surface area (Å²) in [5.41, 5.74) is -0.489. The Balaban J connectivity index is 2.51. The third-order valence-electron chi connectivity index (χ3n) is 2.86. The summed E-state index contributed by atoms with van der Waals surface area (Å²) in [6, 6.07) is 0. The van der Waals surface area contributed by atoms with E-state index in [1.54, 1.807) is 0 Å². The number of piperazine rings is 1. The summed E-state index contributed by atoms with van der Waals surface area (Å²) in [6.07, 6.45) is 0. The van der Waals surface area contributed by atoms with Crippen molar-refractivity contribution in [2.75, 3.05) is 39.3 Å². The molecular formula is C10H21N3O2. The number of aliphatic hydroxyl groups excluding tert-OH is 1. The molecule has 0 spiro atoms. The van der Waals surface area contributed by atoms with Crippen molar-refractivity contribution in [2.45, 2.75) is 19.4 Å². The van der Waals surface area contributed by atoms with Crippen molar-refractivity contribution in [2.24, 2.45) is 0 Å². The van der Waals surface area contributed by atoms with Crippen molar-refractivity contribution in [3.63, 3.8) is 0 Å². The van der Waals surface area contributed by atoms with Gasteiger partial charge in [0.2, 0.25) is 5.91 Å². The standard InChI is InChI=1S/C10H21N3O2/c1-10(2,9(15)12-5-8-14)13-6-3-11-4-7-13/h11,14H,3-8H2,1-2H3,(H,12,15). The van der Waals surface area contributed by atoms with Gasteiger partial charge in [-0.2, -0.15) is 0 Å². The molecule has 1 amide bonds. The number of carbonyl (C=O) groups is 1. The first-order chi connectivity index (χ1) is 7.09. The van der Waals surface area contributed by atoms with Crippen LogP contribution in [0.2, 0.25) is 0 Å². The molecule has 0 radical (unpaired) electrons. The van der Waals surface area contributed by atoms with E-state index in [4.69, 9.17) is 5.11 Å². The van der Waals surface area contributed by atoms with Crippen LogP contribution in [-0.2, 0) is 4.79 Å². The summed E-state index contributed by atoms with van der Waals surface area (Å²) in [4.78, 5) is 14.0. The van der Waals surface area contributed by atoms with Crippen LogP contribution in [0.3, 0.4) is 0 Å². The first-order valence-corrected chi connectivity index (χ1v) is 5.44. The van der Waals surface area contributed by atoms with Crippen molar-refractivity contribution < 1.29 is 9.90 Å². The Hall–Kier alpha value is -0.650. The number of nitrogens with one attached hydrogen (secondary N) is 2. The second-order valence-corrected chi connectivity index (χ2v) is 4.28. The van der Waals surface area contributed by atoms with E-state index in [2.05, 4.69) is 15.5 Å². The lowest BCUT2D eigenvalue weighted by Crippen LogP contribution is -2.60. The number of carbonyl (C=O) groups excluding carboxylic acids is 1. The Morgan fingerprint density at radius 3 is 2.60 bits per heavy atom. The van der Waals surface area contributed by atoms with Gasteiger partial charge in [0.25, 0.3) is 0 Å². The van der Waals surface area contributed by atoms with E-state index in [1.807, 2.05) is 13.8 Å². The molecule has 0 bridgehead atoms. The first kappa shape index (κ1) is 12.4. The number of aliphatic hydroxyl groups is 1. The molecule has 1 rings (SSSR count). The molecule has 0 aromatic carbocycles. The van der Waals surface area contributed by atoms with Gasteiger partial charge in [0, 0.05) is 32.7 Å². The van der Waals surface area contributed by atoms with Gasteiger partial charge in [-0.3, -0.25) is 9.69 Å². The van der Waals surface area contributed by atoms with Gasteiger partial charge in [0.15, 0.2) is 0 Å². The van der Waals surface area contributed by atoms with Crippen molar-refractivity contribution in [3.05, 3.63) is 0 Å². The van der Waals surface area contributed by atoms with Gasteiger partial charge >= 0.3 is 0 Å². The highest BCUT2D eigenvalue weighted by Gasteiger charge is 2.34. The predicted molar refractivity (Wildman–Crippen MR) is 58.6 cm³/mol. The molecule has 0 saturated carbocycles. The molecule has 0 atom stereocenters. The zero-order chi connectivity index (χ0) is 11.3. The fraction of sp³-hybridized carbons (Fsp3) is 0.900. The van der Waals surface area contributed by atoms with Crippen molar-refractivity contribution in [1.29, 1.82) is 0 Å². The van der Waals surface area contributed by atoms with Gasteiger partial charge in [-0.15, -0.1) is 0 Å². The number of hydrogen-bond donors (Lipinski definition) is 3. The number of amides is 1. The van der Waals surface area contributed by atoms with E-state index < -0.39 is 5.54 Å². The van der Waals surface area contributed by atoms with Gasteiger partial charge in [0.05, 0.1) is 12.1 Å². The lowest BCUT2D eigenvalue weighted by Gasteiger charge is -2.39. The Labute approximate surface area is 90.8 Å². The smallest absolute Gasteiger partial charge is 0.240 e. The van der Waals surface area contributed by atoms with Gasteiger partial charge in [-0.25, -0.2) is 0 Å². The zero-order valence-electron chi connectivity index (χ0n) is 9.55. The molecule has 88 valence electrons. The van der Waals surface area contributed by atoms with Crippen LogP contribution in [0.1, 0.15) is 13.8 Å². The van der Waals surface area contributed by atoms with Crippen molar-refractivity contribution in [1.82, 2.24) is 15.5 Å². The minimum absolute atomic E-state index is 0.0105. The summed E-state index contributed by atoms with van der Waals surface area (Å²) in [5.74, 6) is -0.0153. The summed E-state index contributed by atoms with van der Waals surface area (Å²) in [6.45, 7) is 7.79. The van der Waals surface area contributed by atoms with Crippen LogP contribution in [-0.4, -0.2) is 60.8 Å². The van der Waals surface area contributed by atoms with Gasteiger partial charge in [0.1, 0.15) is 0 Å². The molecule has 0 unspecified atom stereocenters. The van der Waals surface area contributed by atoms with Crippen LogP contribution in [0.25, 0.3) is 0 Å². The Morgan fingerprint density at radius 1 is 1.47 bits per heavy atom. The highest BCUT2D eigenvalue weighted by Crippen LogP contribution is 2.14. The molecule has 1 heterocycles. The van der Waals surface area contributed by atoms with Gasteiger partial charge < -0.3 is 15.7 Å². The summed E-state index contributed by atoms with van der Waals surface area (Å²) in [7, 11) is 0. The number of nitrogens with zero attached hydrogens (tertiary/aromatic N) is 1. The third-order valence-corrected chi connectivity index (χ3v) is 2.86. The van der Waals surface area contributed by atoms with E-state index in [9.17, 15) is 4.79 Å². The zero-order valence-corrected chi connectivity index (χ0v) is 9.55. The average molecular weight is 215 g/mol. The SMILES string of the molecule is CC(C)(C(=O)NCCO)N1CCNCC1. The van der Waals surface area contributed by atoms with Crippen LogP contribution < -0.4 is 10.6 Å². The predicted octanol–water partition coefficient (Wildman–Crippen LogP) is -1.22. The fourth-order valence-electron chi connectivity index (χ4n) is 1.75. The fourth-order valence-corrected chi connectivity index (χ4v) is 1.75. The topological polar surface area (TPSA) is 64.6 Å². The molecule has 1 aliphatic heterocycles. The second-order valence-electron chi connectivity index (χ2n) is 4.28. The van der Waals surface area contributed by atoms with Crippen molar-refractivity contribution in [3.8, 4) is 0 Å². The van der Waals surface area contributed by atoms with Crippen LogP contribution in [0.4, 0.5) is 0 Å². The van der Waals surface area contributed by atoms with Gasteiger partial charge in [-0.1, -0.05) is 0 Å². The molecule has 1 aliphatic rings. The Kier molecular flexibility index (Phi) is 4.50. The van der Waals surface area contributed by atoms with Crippen LogP contribution in [0.5, 0.6) is 0 Å². The maximum absolute atomic E-state index is 11.8. The van der Waals surface area contributed by atoms with E-state index >= 15 is 0 Å². The number of rotatable bonds is 4. The maximum atomic E-state index is 11.8. The number of hydrogen-bond acceptors (Lipinski definition) is 4. The van der Waals surface area contributed by atoms with E-state index in [1.165, 1.54) is 0 Å². The molecule has 0 aromatic heterocycles. The lowest BCUT2D eigenvalue weighted by atomic mass is 10.0. The van der Waals surface area contributed by atoms with Crippen LogP contribution >= 0.6 is 0 Å². The minimum Gasteiger partial charge on any atom is -0.395 e. The summed E-state index contributed by atoms with van der Waals surface area (Å²) < 4.78 is 0.